The lowest BCUT2D eigenvalue weighted by atomic mass is 10.1. The van der Waals surface area contributed by atoms with Gasteiger partial charge in [0, 0.05) is 19.3 Å². The van der Waals surface area contributed by atoms with Gasteiger partial charge in [-0.1, -0.05) is 171 Å². The molecular formula is C49H82O6. The number of carbonyl (C=O) groups is 3. The van der Waals surface area contributed by atoms with Gasteiger partial charge in [0.15, 0.2) is 6.10 Å². The van der Waals surface area contributed by atoms with Gasteiger partial charge < -0.3 is 14.2 Å². The van der Waals surface area contributed by atoms with Crippen LogP contribution in [-0.2, 0) is 28.6 Å². The second-order valence-electron chi connectivity index (χ2n) is 14.5. The van der Waals surface area contributed by atoms with Crippen LogP contribution in [-0.4, -0.2) is 37.2 Å². The smallest absolute Gasteiger partial charge is 0.306 e. The molecule has 0 heterocycles. The first kappa shape index (κ1) is 51.9. The van der Waals surface area contributed by atoms with Gasteiger partial charge in [0.25, 0.3) is 0 Å². The molecule has 0 aromatic carbocycles. The van der Waals surface area contributed by atoms with Crippen molar-refractivity contribution in [3.8, 4) is 0 Å². The molecule has 0 aromatic rings. The number of unbranched alkanes of at least 4 members (excludes halogenated alkanes) is 16. The highest BCUT2D eigenvalue weighted by molar-refractivity contribution is 5.71. The molecule has 6 nitrogen and oxygen atoms in total. The highest BCUT2D eigenvalue weighted by atomic mass is 16.6. The Labute approximate surface area is 338 Å². The summed E-state index contributed by atoms with van der Waals surface area (Å²) in [6.07, 6.45) is 53.2. The maximum Gasteiger partial charge on any atom is 0.306 e. The van der Waals surface area contributed by atoms with Crippen LogP contribution in [0, 0.1) is 0 Å². The average molecular weight is 767 g/mol. The van der Waals surface area contributed by atoms with E-state index in [2.05, 4.69) is 93.7 Å². The number of ether oxygens (including phenoxy) is 3. The van der Waals surface area contributed by atoms with Gasteiger partial charge in [0.05, 0.1) is 0 Å². The van der Waals surface area contributed by atoms with E-state index >= 15 is 0 Å². The highest BCUT2D eigenvalue weighted by Crippen LogP contribution is 2.13. The van der Waals surface area contributed by atoms with E-state index in [4.69, 9.17) is 14.2 Å². The Morgan fingerprint density at radius 1 is 0.382 bits per heavy atom. The third-order valence-corrected chi connectivity index (χ3v) is 9.21. The van der Waals surface area contributed by atoms with Crippen LogP contribution in [0.4, 0.5) is 0 Å². The maximum atomic E-state index is 12.7. The van der Waals surface area contributed by atoms with Gasteiger partial charge in [-0.3, -0.25) is 14.4 Å². The van der Waals surface area contributed by atoms with E-state index in [1.807, 2.05) is 0 Å². The average Bonchev–Trinajstić information content (AvgIpc) is 3.18. The Morgan fingerprint density at radius 3 is 1.13 bits per heavy atom. The summed E-state index contributed by atoms with van der Waals surface area (Å²) in [6, 6.07) is 0. The Balaban J connectivity index is 4.43. The van der Waals surface area contributed by atoms with Crippen LogP contribution in [0.2, 0.25) is 0 Å². The molecule has 0 saturated carbocycles. The van der Waals surface area contributed by atoms with Gasteiger partial charge in [0.1, 0.15) is 13.2 Å². The Bertz CT molecular complexity index is 1070. The van der Waals surface area contributed by atoms with Crippen LogP contribution in [0.5, 0.6) is 0 Å². The molecule has 1 unspecified atom stereocenters. The second kappa shape index (κ2) is 43.6. The van der Waals surface area contributed by atoms with Crippen LogP contribution in [0.15, 0.2) is 72.9 Å². The summed E-state index contributed by atoms with van der Waals surface area (Å²) in [5, 5.41) is 0. The van der Waals surface area contributed by atoms with Crippen molar-refractivity contribution in [1.82, 2.24) is 0 Å². The van der Waals surface area contributed by atoms with E-state index in [0.717, 1.165) is 122 Å². The number of carbonyl (C=O) groups excluding carboxylic acids is 3. The largest absolute Gasteiger partial charge is 0.462 e. The molecule has 0 aliphatic carbocycles. The topological polar surface area (TPSA) is 78.9 Å². The summed E-state index contributed by atoms with van der Waals surface area (Å²) in [5.74, 6) is -0.948. The first-order valence-electron chi connectivity index (χ1n) is 22.4. The van der Waals surface area contributed by atoms with E-state index in [1.165, 1.54) is 38.5 Å². The predicted octanol–water partition coefficient (Wildman–Crippen LogP) is 14.3. The molecule has 0 rings (SSSR count). The first-order chi connectivity index (χ1) is 27.0. The van der Waals surface area contributed by atoms with Crippen molar-refractivity contribution >= 4 is 17.9 Å². The van der Waals surface area contributed by atoms with Gasteiger partial charge in [-0.25, -0.2) is 0 Å². The lowest BCUT2D eigenvalue weighted by Crippen LogP contribution is -2.30. The van der Waals surface area contributed by atoms with Gasteiger partial charge in [0.2, 0.25) is 0 Å². The van der Waals surface area contributed by atoms with E-state index in [-0.39, 0.29) is 31.1 Å². The molecule has 6 heteroatoms. The standard InChI is InChI=1S/C49H82O6/c1-4-7-10-13-16-19-21-23-24-25-26-28-30-33-36-39-42-48(51)54-45-46(44-53-47(50)41-38-35-32-29-18-15-12-9-6-3)55-49(52)43-40-37-34-31-27-22-20-17-14-11-8-5-2/h7-8,10-11,16-17,19-20,23-24,26,28,46H,4-6,9,12-15,18,21-22,25,27,29-45H2,1-3H3/b10-7-,11-8-,19-16-,20-17-,24-23-,28-26-. The molecule has 0 aliphatic heterocycles. The van der Waals surface area contributed by atoms with Crippen molar-refractivity contribution < 1.29 is 28.6 Å². The Kier molecular flexibility index (Phi) is 41.1. The van der Waals surface area contributed by atoms with E-state index in [1.54, 1.807) is 0 Å². The molecule has 0 bridgehead atoms. The van der Waals surface area contributed by atoms with Crippen molar-refractivity contribution in [2.75, 3.05) is 13.2 Å². The monoisotopic (exact) mass is 767 g/mol. The van der Waals surface area contributed by atoms with Crippen LogP contribution in [0.25, 0.3) is 0 Å². The Morgan fingerprint density at radius 2 is 0.709 bits per heavy atom. The number of allylic oxidation sites excluding steroid dienone is 12. The molecule has 0 N–H and O–H groups in total. The molecule has 1 atom stereocenters. The number of hydrogen-bond acceptors (Lipinski definition) is 6. The molecule has 0 aromatic heterocycles. The summed E-state index contributed by atoms with van der Waals surface area (Å²) in [5.41, 5.74) is 0. The highest BCUT2D eigenvalue weighted by Gasteiger charge is 2.19. The summed E-state index contributed by atoms with van der Waals surface area (Å²) in [4.78, 5) is 37.7. The normalized spacial score (nSPS) is 12.7. The second-order valence-corrected chi connectivity index (χ2v) is 14.5. The fourth-order valence-corrected chi connectivity index (χ4v) is 5.88. The predicted molar refractivity (Wildman–Crippen MR) is 233 cm³/mol. The van der Waals surface area contributed by atoms with Crippen molar-refractivity contribution in [3.05, 3.63) is 72.9 Å². The number of esters is 3. The van der Waals surface area contributed by atoms with Crippen molar-refractivity contribution in [1.29, 1.82) is 0 Å². The zero-order valence-electron chi connectivity index (χ0n) is 35.7. The summed E-state index contributed by atoms with van der Waals surface area (Å²) < 4.78 is 16.6. The SMILES string of the molecule is CC/C=C\C/C=C\C/C=C\C/C=C\CCCCCC(=O)OCC(COC(=O)CCCCCCCCCCC)OC(=O)CCCCCCC/C=C\C/C=C\CC. The maximum absolute atomic E-state index is 12.7. The van der Waals surface area contributed by atoms with Crippen LogP contribution >= 0.6 is 0 Å². The van der Waals surface area contributed by atoms with E-state index in [0.29, 0.717) is 19.3 Å². The van der Waals surface area contributed by atoms with Crippen LogP contribution < -0.4 is 0 Å². The first-order valence-corrected chi connectivity index (χ1v) is 22.4. The molecule has 0 fully saturated rings. The molecule has 55 heavy (non-hydrogen) atoms. The van der Waals surface area contributed by atoms with Crippen LogP contribution in [0.3, 0.4) is 0 Å². The fourth-order valence-electron chi connectivity index (χ4n) is 5.88. The van der Waals surface area contributed by atoms with Gasteiger partial charge in [-0.05, 0) is 83.5 Å². The third kappa shape index (κ3) is 41.8. The molecule has 0 saturated heterocycles. The zero-order chi connectivity index (χ0) is 40.1. The summed E-state index contributed by atoms with van der Waals surface area (Å²) in [6.45, 7) is 6.33. The van der Waals surface area contributed by atoms with E-state index in [9.17, 15) is 14.4 Å². The lowest BCUT2D eigenvalue weighted by molar-refractivity contribution is -0.167. The Hall–Kier alpha value is -3.15. The van der Waals surface area contributed by atoms with Crippen LogP contribution in [0.1, 0.15) is 201 Å². The number of hydrogen-bond donors (Lipinski definition) is 0. The zero-order valence-corrected chi connectivity index (χ0v) is 35.7. The molecule has 314 valence electrons. The van der Waals surface area contributed by atoms with E-state index < -0.39 is 6.10 Å². The molecular weight excluding hydrogens is 685 g/mol. The fraction of sp³-hybridized carbons (Fsp3) is 0.694. The van der Waals surface area contributed by atoms with Gasteiger partial charge in [-0.15, -0.1) is 0 Å². The van der Waals surface area contributed by atoms with Crippen molar-refractivity contribution in [3.63, 3.8) is 0 Å². The third-order valence-electron chi connectivity index (χ3n) is 9.21. The van der Waals surface area contributed by atoms with Gasteiger partial charge in [-0.2, -0.15) is 0 Å². The van der Waals surface area contributed by atoms with Crippen molar-refractivity contribution in [2.24, 2.45) is 0 Å². The minimum Gasteiger partial charge on any atom is -0.462 e. The summed E-state index contributed by atoms with van der Waals surface area (Å²) in [7, 11) is 0. The number of rotatable bonds is 39. The summed E-state index contributed by atoms with van der Waals surface area (Å²) >= 11 is 0. The molecule has 0 radical (unpaired) electrons. The minimum atomic E-state index is -0.791. The van der Waals surface area contributed by atoms with Gasteiger partial charge >= 0.3 is 17.9 Å². The molecule has 0 spiro atoms. The molecule has 0 aliphatic rings. The minimum absolute atomic E-state index is 0.0914. The lowest BCUT2D eigenvalue weighted by Gasteiger charge is -2.18. The molecule has 0 amide bonds. The van der Waals surface area contributed by atoms with Crippen molar-refractivity contribution in [2.45, 2.75) is 207 Å². The quantitative estimate of drug-likeness (QED) is 0.0268.